The molecular weight excluding hydrogens is 454 g/mol. The van der Waals surface area contributed by atoms with Gasteiger partial charge < -0.3 is 20.1 Å². The molecule has 36 heavy (non-hydrogen) atoms. The Bertz CT molecular complexity index is 866. The summed E-state index contributed by atoms with van der Waals surface area (Å²) in [4.78, 5) is 22.8. The van der Waals surface area contributed by atoms with Gasteiger partial charge in [-0.3, -0.25) is 9.78 Å². The molecule has 0 spiro atoms. The Morgan fingerprint density at radius 2 is 1.50 bits per heavy atom. The number of imidazole rings is 1. The van der Waals surface area contributed by atoms with Gasteiger partial charge in [0.1, 0.15) is 0 Å². The van der Waals surface area contributed by atoms with Gasteiger partial charge in [0.05, 0.1) is 12.9 Å². The zero-order chi connectivity index (χ0) is 25.8. The highest BCUT2D eigenvalue weighted by Crippen LogP contribution is 2.15. The number of anilines is 1. The zero-order valence-electron chi connectivity index (χ0n) is 22.7. The van der Waals surface area contributed by atoms with Gasteiger partial charge in [-0.05, 0) is 12.8 Å². The van der Waals surface area contributed by atoms with E-state index in [-0.39, 0.29) is 29.5 Å². The summed E-state index contributed by atoms with van der Waals surface area (Å²) in [5, 5.41) is 9.45. The maximum atomic E-state index is 12.0. The molecule has 0 amide bonds. The molecule has 8 heteroatoms. The second-order valence-electron chi connectivity index (χ2n) is 10.3. The fraction of sp³-hybridized carbons (Fsp3) is 0.821. The van der Waals surface area contributed by atoms with Crippen LogP contribution in [-0.2, 0) is 11.3 Å². The highest BCUT2D eigenvalue weighted by Gasteiger charge is 2.14. The molecule has 8 nitrogen and oxygen atoms in total. The molecule has 4 N–H and O–H groups in total. The maximum Gasteiger partial charge on any atom is 0.280 e. The standard InChI is InChI=1S/C28H51N5O3/c1-2-3-4-5-6-7-8-9-10-11-12-13-14-15-16-17-20-36-22-24(18-19-34)21-33-23-30-25-26(33)31-28(29)32-27(25)35/h23-24,34H,2-22H2,1H3,(H3,29,31,32,35)/t24-/m1/s1. The van der Waals surface area contributed by atoms with Crippen molar-refractivity contribution in [2.24, 2.45) is 5.92 Å². The highest BCUT2D eigenvalue weighted by atomic mass is 16.5. The van der Waals surface area contributed by atoms with Gasteiger partial charge in [0, 0.05) is 25.7 Å². The SMILES string of the molecule is CCCCCCCCCCCCCCCCCCOC[C@H](CCO)Cn1cnc2c(=O)[nH]c(N)nc21. The second-order valence-corrected chi connectivity index (χ2v) is 10.3. The van der Waals surface area contributed by atoms with Crippen LogP contribution in [0, 0.1) is 5.92 Å². The van der Waals surface area contributed by atoms with Crippen LogP contribution in [-0.4, -0.2) is 44.4 Å². The smallest absolute Gasteiger partial charge is 0.280 e. The number of nitrogens with zero attached hydrogens (tertiary/aromatic N) is 3. The third-order valence-corrected chi connectivity index (χ3v) is 6.98. The quantitative estimate of drug-likeness (QED) is 0.160. The van der Waals surface area contributed by atoms with Crippen molar-refractivity contribution in [3.05, 3.63) is 16.7 Å². The third-order valence-electron chi connectivity index (χ3n) is 6.98. The molecule has 0 bridgehead atoms. The topological polar surface area (TPSA) is 119 Å². The predicted octanol–water partition coefficient (Wildman–Crippen LogP) is 5.98. The average molecular weight is 506 g/mol. The van der Waals surface area contributed by atoms with Gasteiger partial charge in [-0.15, -0.1) is 0 Å². The van der Waals surface area contributed by atoms with Crippen LogP contribution in [0.1, 0.15) is 116 Å². The summed E-state index contributed by atoms with van der Waals surface area (Å²) in [5.74, 6) is 0.198. The molecule has 2 aromatic heterocycles. The minimum absolute atomic E-state index is 0.0766. The Morgan fingerprint density at radius 3 is 2.06 bits per heavy atom. The fourth-order valence-corrected chi connectivity index (χ4v) is 4.79. The lowest BCUT2D eigenvalue weighted by Crippen LogP contribution is -2.19. The van der Waals surface area contributed by atoms with E-state index in [1.165, 1.54) is 96.3 Å². The summed E-state index contributed by atoms with van der Waals surface area (Å²) in [6, 6.07) is 0. The molecule has 0 saturated heterocycles. The first kappa shape index (κ1) is 30.3. The molecule has 0 aliphatic carbocycles. The number of fused-ring (bicyclic) bond motifs is 1. The number of nitrogens with one attached hydrogen (secondary N) is 1. The molecule has 0 unspecified atom stereocenters. The predicted molar refractivity (Wildman–Crippen MR) is 148 cm³/mol. The lowest BCUT2D eigenvalue weighted by atomic mass is 10.0. The van der Waals surface area contributed by atoms with Crippen LogP contribution in [0.5, 0.6) is 0 Å². The first-order valence-corrected chi connectivity index (χ1v) is 14.5. The van der Waals surface area contributed by atoms with E-state index >= 15 is 0 Å². The van der Waals surface area contributed by atoms with Crippen LogP contribution < -0.4 is 11.3 Å². The van der Waals surface area contributed by atoms with Crippen molar-refractivity contribution in [1.82, 2.24) is 19.5 Å². The lowest BCUT2D eigenvalue weighted by molar-refractivity contribution is 0.0792. The molecule has 2 rings (SSSR count). The Hall–Kier alpha value is -1.93. The van der Waals surface area contributed by atoms with Crippen molar-refractivity contribution in [2.45, 2.75) is 123 Å². The Kier molecular flexibility index (Phi) is 16.2. The Balaban J connectivity index is 1.46. The van der Waals surface area contributed by atoms with Gasteiger partial charge in [-0.25, -0.2) is 4.98 Å². The normalized spacial score (nSPS) is 12.5. The van der Waals surface area contributed by atoms with Crippen molar-refractivity contribution in [2.75, 3.05) is 25.6 Å². The summed E-state index contributed by atoms with van der Waals surface area (Å²) in [6.07, 6.45) is 24.0. The molecule has 0 fully saturated rings. The molecule has 1 atom stereocenters. The molecule has 206 valence electrons. The van der Waals surface area contributed by atoms with Gasteiger partial charge >= 0.3 is 0 Å². The number of hydrogen-bond acceptors (Lipinski definition) is 6. The van der Waals surface area contributed by atoms with Gasteiger partial charge in [0.2, 0.25) is 5.95 Å². The van der Waals surface area contributed by atoms with E-state index in [9.17, 15) is 9.90 Å². The highest BCUT2D eigenvalue weighted by molar-refractivity contribution is 5.70. The summed E-state index contributed by atoms with van der Waals surface area (Å²) < 4.78 is 7.74. The molecule has 0 aliphatic heterocycles. The van der Waals surface area contributed by atoms with E-state index in [1.54, 1.807) is 6.33 Å². The molecule has 0 aromatic carbocycles. The molecule has 0 radical (unpaired) electrons. The van der Waals surface area contributed by atoms with Gasteiger partial charge in [-0.2, -0.15) is 4.98 Å². The van der Waals surface area contributed by atoms with Gasteiger partial charge in [0.15, 0.2) is 11.2 Å². The van der Waals surface area contributed by atoms with E-state index < -0.39 is 0 Å². The summed E-state index contributed by atoms with van der Waals surface area (Å²) in [7, 11) is 0. The van der Waals surface area contributed by atoms with Crippen molar-refractivity contribution < 1.29 is 9.84 Å². The number of hydrogen-bond donors (Lipinski definition) is 3. The minimum atomic E-state index is -0.338. The number of aromatic nitrogens is 4. The number of nitrogen functional groups attached to an aromatic ring is 1. The first-order valence-electron chi connectivity index (χ1n) is 14.5. The monoisotopic (exact) mass is 505 g/mol. The molecule has 0 aliphatic rings. The van der Waals surface area contributed by atoms with Crippen LogP contribution >= 0.6 is 0 Å². The summed E-state index contributed by atoms with van der Waals surface area (Å²) in [5.41, 5.74) is 6.09. The van der Waals surface area contributed by atoms with E-state index in [0.717, 1.165) is 13.0 Å². The van der Waals surface area contributed by atoms with Crippen LogP contribution in [0.3, 0.4) is 0 Å². The number of nitrogens with two attached hydrogens (primary N) is 1. The Morgan fingerprint density at radius 1 is 0.944 bits per heavy atom. The largest absolute Gasteiger partial charge is 0.396 e. The number of ether oxygens (including phenoxy) is 1. The van der Waals surface area contributed by atoms with E-state index in [0.29, 0.717) is 25.2 Å². The molecule has 2 heterocycles. The van der Waals surface area contributed by atoms with E-state index in [1.807, 2.05) is 4.57 Å². The van der Waals surface area contributed by atoms with Crippen molar-refractivity contribution in [3.8, 4) is 0 Å². The first-order chi connectivity index (χ1) is 17.7. The van der Waals surface area contributed by atoms with Gasteiger partial charge in [-0.1, -0.05) is 103 Å². The number of aliphatic hydroxyl groups excluding tert-OH is 1. The van der Waals surface area contributed by atoms with Crippen molar-refractivity contribution >= 4 is 17.1 Å². The number of rotatable bonds is 23. The van der Waals surface area contributed by atoms with Gasteiger partial charge in [0.25, 0.3) is 5.56 Å². The van der Waals surface area contributed by atoms with Crippen LogP contribution in [0.2, 0.25) is 0 Å². The van der Waals surface area contributed by atoms with Crippen LogP contribution in [0.15, 0.2) is 11.1 Å². The van der Waals surface area contributed by atoms with Crippen LogP contribution in [0.4, 0.5) is 5.95 Å². The van der Waals surface area contributed by atoms with Crippen molar-refractivity contribution in [3.63, 3.8) is 0 Å². The molecule has 2 aromatic rings. The second kappa shape index (κ2) is 19.2. The number of aromatic amines is 1. The third kappa shape index (κ3) is 12.3. The fourth-order valence-electron chi connectivity index (χ4n) is 4.79. The number of aliphatic hydroxyl groups is 1. The molecular formula is C28H51N5O3. The zero-order valence-corrected chi connectivity index (χ0v) is 22.7. The number of unbranched alkanes of at least 4 members (excludes halogenated alkanes) is 15. The van der Waals surface area contributed by atoms with Crippen molar-refractivity contribution in [1.29, 1.82) is 0 Å². The lowest BCUT2D eigenvalue weighted by Gasteiger charge is -2.17. The number of H-pyrrole nitrogens is 1. The molecule has 0 saturated carbocycles. The maximum absolute atomic E-state index is 12.0. The Labute approximate surface area is 217 Å². The minimum Gasteiger partial charge on any atom is -0.396 e. The van der Waals surface area contributed by atoms with Crippen LogP contribution in [0.25, 0.3) is 11.2 Å². The average Bonchev–Trinajstić information content (AvgIpc) is 3.26. The van der Waals surface area contributed by atoms with E-state index in [4.69, 9.17) is 10.5 Å². The summed E-state index contributed by atoms with van der Waals surface area (Å²) in [6.45, 7) is 4.26. The van der Waals surface area contributed by atoms with E-state index in [2.05, 4.69) is 21.9 Å². The summed E-state index contributed by atoms with van der Waals surface area (Å²) >= 11 is 0.